The molecule has 0 radical (unpaired) electrons. The highest BCUT2D eigenvalue weighted by Gasteiger charge is 2.30. The SMILES string of the molecule is CCOCCN(C)S(=O)(=O)c1c(C)csc1C(=O)O. The van der Waals surface area contributed by atoms with Crippen LogP contribution in [-0.2, 0) is 14.8 Å². The van der Waals surface area contributed by atoms with E-state index in [1.165, 1.54) is 12.4 Å². The standard InChI is InChI=1S/C11H17NO5S2/c1-4-17-6-5-12(3)19(15,16)10-8(2)7-18-9(10)11(13)14/h7H,4-6H2,1-3H3,(H,13,14). The summed E-state index contributed by atoms with van der Waals surface area (Å²) in [5, 5.41) is 10.6. The van der Waals surface area contributed by atoms with Crippen LogP contribution < -0.4 is 0 Å². The molecule has 0 saturated heterocycles. The summed E-state index contributed by atoms with van der Waals surface area (Å²) in [6, 6.07) is 0. The Morgan fingerprint density at radius 1 is 1.53 bits per heavy atom. The van der Waals surface area contributed by atoms with E-state index in [4.69, 9.17) is 9.84 Å². The highest BCUT2D eigenvalue weighted by atomic mass is 32.2. The molecule has 1 heterocycles. The summed E-state index contributed by atoms with van der Waals surface area (Å²) in [4.78, 5) is 10.8. The maximum absolute atomic E-state index is 12.3. The zero-order valence-electron chi connectivity index (χ0n) is 11.0. The van der Waals surface area contributed by atoms with Gasteiger partial charge in [0.25, 0.3) is 0 Å². The highest BCUT2D eigenvalue weighted by Crippen LogP contribution is 2.28. The summed E-state index contributed by atoms with van der Waals surface area (Å²) in [6.07, 6.45) is 0. The molecule has 1 aromatic heterocycles. The van der Waals surface area contributed by atoms with Gasteiger partial charge in [0.05, 0.1) is 6.61 Å². The van der Waals surface area contributed by atoms with E-state index in [0.29, 0.717) is 12.2 Å². The maximum Gasteiger partial charge on any atom is 0.347 e. The molecule has 0 spiro atoms. The third-order valence-electron chi connectivity index (χ3n) is 2.54. The number of carboxylic acids is 1. The van der Waals surface area contributed by atoms with Gasteiger partial charge in [0.2, 0.25) is 10.0 Å². The summed E-state index contributed by atoms with van der Waals surface area (Å²) in [7, 11) is -2.39. The molecule has 0 aliphatic rings. The van der Waals surface area contributed by atoms with Crippen LogP contribution in [0.3, 0.4) is 0 Å². The van der Waals surface area contributed by atoms with Crippen LogP contribution in [0.15, 0.2) is 10.3 Å². The third kappa shape index (κ3) is 3.53. The van der Waals surface area contributed by atoms with Crippen molar-refractivity contribution in [3.05, 3.63) is 15.8 Å². The summed E-state index contributed by atoms with van der Waals surface area (Å²) >= 11 is 0.920. The number of carboxylic acid groups (broad SMARTS) is 1. The van der Waals surface area contributed by atoms with Gasteiger partial charge in [0.1, 0.15) is 9.77 Å². The summed E-state index contributed by atoms with van der Waals surface area (Å²) in [5.41, 5.74) is 0.450. The fraction of sp³-hybridized carbons (Fsp3) is 0.545. The molecule has 0 saturated carbocycles. The molecule has 0 aliphatic heterocycles. The third-order valence-corrected chi connectivity index (χ3v) is 5.80. The van der Waals surface area contributed by atoms with E-state index in [9.17, 15) is 13.2 Å². The van der Waals surface area contributed by atoms with Crippen LogP contribution in [0.4, 0.5) is 0 Å². The van der Waals surface area contributed by atoms with Crippen molar-refractivity contribution in [2.75, 3.05) is 26.8 Å². The molecule has 1 rings (SSSR count). The fourth-order valence-corrected chi connectivity index (χ4v) is 4.25. The van der Waals surface area contributed by atoms with Crippen LogP contribution in [0.25, 0.3) is 0 Å². The van der Waals surface area contributed by atoms with E-state index in [1.54, 1.807) is 6.92 Å². The van der Waals surface area contributed by atoms with E-state index in [1.807, 2.05) is 6.92 Å². The van der Waals surface area contributed by atoms with Crippen LogP contribution in [0, 0.1) is 6.92 Å². The maximum atomic E-state index is 12.3. The van der Waals surface area contributed by atoms with Crippen molar-refractivity contribution < 1.29 is 23.1 Å². The van der Waals surface area contributed by atoms with Gasteiger partial charge in [0.15, 0.2) is 0 Å². The summed E-state index contributed by atoms with van der Waals surface area (Å²) < 4.78 is 30.9. The largest absolute Gasteiger partial charge is 0.477 e. The molecule has 0 aliphatic carbocycles. The van der Waals surface area contributed by atoms with Crippen molar-refractivity contribution in [1.82, 2.24) is 4.31 Å². The molecule has 0 bridgehead atoms. The first kappa shape index (κ1) is 16.1. The Morgan fingerprint density at radius 2 is 2.16 bits per heavy atom. The summed E-state index contributed by atoms with van der Waals surface area (Å²) in [5.74, 6) is -1.23. The number of likely N-dealkylation sites (N-methyl/N-ethyl adjacent to an activating group) is 1. The molecular weight excluding hydrogens is 290 g/mol. The zero-order valence-corrected chi connectivity index (χ0v) is 12.7. The van der Waals surface area contributed by atoms with Crippen LogP contribution >= 0.6 is 11.3 Å². The van der Waals surface area contributed by atoms with Gasteiger partial charge >= 0.3 is 5.97 Å². The van der Waals surface area contributed by atoms with E-state index in [0.717, 1.165) is 15.6 Å². The van der Waals surface area contributed by atoms with Gasteiger partial charge in [-0.2, -0.15) is 4.31 Å². The number of rotatable bonds is 7. The minimum absolute atomic E-state index is 0.121. The van der Waals surface area contributed by atoms with Gasteiger partial charge in [-0.25, -0.2) is 13.2 Å². The van der Waals surface area contributed by atoms with Crippen molar-refractivity contribution in [3.8, 4) is 0 Å². The molecule has 0 atom stereocenters. The molecule has 6 nitrogen and oxygen atoms in total. The number of hydrogen-bond donors (Lipinski definition) is 1. The van der Waals surface area contributed by atoms with Gasteiger partial charge in [-0.1, -0.05) is 0 Å². The average molecular weight is 307 g/mol. The lowest BCUT2D eigenvalue weighted by Crippen LogP contribution is -2.31. The Kier molecular flexibility index (Phi) is 5.48. The first-order chi connectivity index (χ1) is 8.82. The molecule has 108 valence electrons. The number of nitrogens with zero attached hydrogens (tertiary/aromatic N) is 1. The number of ether oxygens (including phenoxy) is 1. The average Bonchev–Trinajstić information content (AvgIpc) is 2.72. The lowest BCUT2D eigenvalue weighted by Gasteiger charge is -2.17. The van der Waals surface area contributed by atoms with E-state index < -0.39 is 16.0 Å². The van der Waals surface area contributed by atoms with Crippen LogP contribution in [0.5, 0.6) is 0 Å². The molecule has 1 aromatic rings. The predicted octanol–water partition coefficient (Wildman–Crippen LogP) is 1.41. The van der Waals surface area contributed by atoms with E-state index >= 15 is 0 Å². The van der Waals surface area contributed by atoms with Gasteiger partial charge in [0, 0.05) is 20.2 Å². The normalized spacial score (nSPS) is 12.0. The van der Waals surface area contributed by atoms with E-state index in [-0.39, 0.29) is 22.9 Å². The quantitative estimate of drug-likeness (QED) is 0.770. The molecular formula is C11H17NO5S2. The number of carbonyl (C=O) groups is 1. The summed E-state index contributed by atoms with van der Waals surface area (Å²) in [6.45, 7) is 4.38. The fourth-order valence-electron chi connectivity index (χ4n) is 1.52. The number of hydrogen-bond acceptors (Lipinski definition) is 5. The molecule has 0 fully saturated rings. The molecule has 8 heteroatoms. The zero-order chi connectivity index (χ0) is 14.6. The predicted molar refractivity (Wildman–Crippen MR) is 72.3 cm³/mol. The van der Waals surface area contributed by atoms with Crippen molar-refractivity contribution >= 4 is 27.3 Å². The first-order valence-corrected chi connectivity index (χ1v) is 7.99. The number of thiophene rings is 1. The van der Waals surface area contributed by atoms with Gasteiger partial charge < -0.3 is 9.84 Å². The molecule has 19 heavy (non-hydrogen) atoms. The lowest BCUT2D eigenvalue weighted by atomic mass is 10.3. The van der Waals surface area contributed by atoms with E-state index in [2.05, 4.69) is 0 Å². The van der Waals surface area contributed by atoms with Gasteiger partial charge in [-0.15, -0.1) is 11.3 Å². The van der Waals surface area contributed by atoms with Crippen LogP contribution in [0.2, 0.25) is 0 Å². The molecule has 0 aromatic carbocycles. The van der Waals surface area contributed by atoms with Crippen LogP contribution in [-0.4, -0.2) is 50.6 Å². The first-order valence-electron chi connectivity index (χ1n) is 5.67. The highest BCUT2D eigenvalue weighted by molar-refractivity contribution is 7.89. The number of sulfonamides is 1. The van der Waals surface area contributed by atoms with Crippen molar-refractivity contribution in [2.45, 2.75) is 18.7 Å². The van der Waals surface area contributed by atoms with Gasteiger partial charge in [-0.3, -0.25) is 0 Å². The minimum atomic E-state index is -3.80. The van der Waals surface area contributed by atoms with Crippen LogP contribution in [0.1, 0.15) is 22.2 Å². The molecule has 1 N–H and O–H groups in total. The Morgan fingerprint density at radius 3 is 2.68 bits per heavy atom. The van der Waals surface area contributed by atoms with Gasteiger partial charge in [-0.05, 0) is 24.8 Å². The number of aromatic carboxylic acids is 1. The molecule has 0 unspecified atom stereocenters. The second kappa shape index (κ2) is 6.47. The Balaban J connectivity index is 3.06. The minimum Gasteiger partial charge on any atom is -0.477 e. The molecule has 0 amide bonds. The topological polar surface area (TPSA) is 83.9 Å². The monoisotopic (exact) mass is 307 g/mol. The van der Waals surface area contributed by atoms with Crippen molar-refractivity contribution in [1.29, 1.82) is 0 Å². The number of aryl methyl sites for hydroxylation is 1. The smallest absolute Gasteiger partial charge is 0.347 e. The Hall–Kier alpha value is -0.960. The van der Waals surface area contributed by atoms with Crippen molar-refractivity contribution in [2.24, 2.45) is 0 Å². The second-order valence-electron chi connectivity index (χ2n) is 3.91. The Bertz CT molecular complexity index is 549. The van der Waals surface area contributed by atoms with Crippen molar-refractivity contribution in [3.63, 3.8) is 0 Å². The lowest BCUT2D eigenvalue weighted by molar-refractivity contribution is 0.0698. The Labute approximate surface area is 116 Å². The second-order valence-corrected chi connectivity index (χ2v) is 6.77.